The normalized spacial score (nSPS) is 10.9. The Morgan fingerprint density at radius 2 is 1.79 bits per heavy atom. The van der Waals surface area contributed by atoms with Crippen LogP contribution >= 0.6 is 0 Å². The third kappa shape index (κ3) is 4.23. The van der Waals surface area contributed by atoms with Crippen molar-refractivity contribution in [2.24, 2.45) is 0 Å². The first kappa shape index (κ1) is 17.3. The van der Waals surface area contributed by atoms with Crippen molar-refractivity contribution >= 4 is 23.4 Å². The Hall–Kier alpha value is -3.06. The van der Waals surface area contributed by atoms with Gasteiger partial charge in [0.2, 0.25) is 0 Å². The van der Waals surface area contributed by atoms with Gasteiger partial charge in [0.1, 0.15) is 11.6 Å². The van der Waals surface area contributed by atoms with Gasteiger partial charge in [-0.1, -0.05) is 24.3 Å². The van der Waals surface area contributed by atoms with Gasteiger partial charge in [-0.05, 0) is 54.8 Å². The van der Waals surface area contributed by atoms with Gasteiger partial charge in [0.25, 0.3) is 5.91 Å². The monoisotopic (exact) mass is 319 g/mol. The van der Waals surface area contributed by atoms with E-state index in [9.17, 15) is 10.1 Å². The molecule has 0 saturated carbocycles. The molecule has 0 aliphatic heterocycles. The Morgan fingerprint density at radius 1 is 1.12 bits per heavy atom. The van der Waals surface area contributed by atoms with E-state index in [4.69, 9.17) is 0 Å². The van der Waals surface area contributed by atoms with E-state index < -0.39 is 5.91 Å². The first-order chi connectivity index (χ1) is 11.4. The molecule has 0 radical (unpaired) electrons. The Labute approximate surface area is 143 Å². The highest BCUT2D eigenvalue weighted by Gasteiger charge is 2.11. The number of aryl methyl sites for hydroxylation is 2. The molecule has 0 saturated heterocycles. The van der Waals surface area contributed by atoms with Crippen LogP contribution in [-0.4, -0.2) is 20.0 Å². The van der Waals surface area contributed by atoms with Crippen LogP contribution in [0.5, 0.6) is 0 Å². The molecule has 24 heavy (non-hydrogen) atoms. The number of hydrogen-bond acceptors (Lipinski definition) is 3. The van der Waals surface area contributed by atoms with Gasteiger partial charge in [-0.2, -0.15) is 5.26 Å². The maximum atomic E-state index is 12.4. The predicted octanol–water partition coefficient (Wildman–Crippen LogP) is 3.92. The summed E-state index contributed by atoms with van der Waals surface area (Å²) in [5.74, 6) is -0.400. The van der Waals surface area contributed by atoms with Crippen molar-refractivity contribution in [3.8, 4) is 6.07 Å². The summed E-state index contributed by atoms with van der Waals surface area (Å²) in [6.45, 7) is 3.88. The summed E-state index contributed by atoms with van der Waals surface area (Å²) in [7, 11) is 3.92. The first-order valence-corrected chi connectivity index (χ1v) is 7.68. The molecule has 1 amide bonds. The van der Waals surface area contributed by atoms with E-state index in [-0.39, 0.29) is 5.57 Å². The molecule has 0 heterocycles. The maximum absolute atomic E-state index is 12.4. The lowest BCUT2D eigenvalue weighted by molar-refractivity contribution is -0.112. The highest BCUT2D eigenvalue weighted by Crippen LogP contribution is 2.18. The van der Waals surface area contributed by atoms with Crippen molar-refractivity contribution in [3.05, 3.63) is 64.7 Å². The summed E-state index contributed by atoms with van der Waals surface area (Å²) in [5.41, 5.74) is 4.69. The highest BCUT2D eigenvalue weighted by molar-refractivity contribution is 6.10. The lowest BCUT2D eigenvalue weighted by Crippen LogP contribution is -2.14. The summed E-state index contributed by atoms with van der Waals surface area (Å²) in [6.07, 6.45) is 1.60. The average Bonchev–Trinajstić information content (AvgIpc) is 2.56. The van der Waals surface area contributed by atoms with E-state index in [1.807, 2.05) is 81.4 Å². The van der Waals surface area contributed by atoms with Gasteiger partial charge in [-0.3, -0.25) is 4.79 Å². The van der Waals surface area contributed by atoms with Crippen LogP contribution in [0.1, 0.15) is 16.7 Å². The molecule has 2 aromatic rings. The largest absolute Gasteiger partial charge is 0.378 e. The van der Waals surface area contributed by atoms with Crippen molar-refractivity contribution in [1.29, 1.82) is 5.26 Å². The van der Waals surface area contributed by atoms with Gasteiger partial charge < -0.3 is 10.2 Å². The molecular formula is C20H21N3O. The Morgan fingerprint density at radius 3 is 2.38 bits per heavy atom. The van der Waals surface area contributed by atoms with Crippen molar-refractivity contribution in [1.82, 2.24) is 0 Å². The van der Waals surface area contributed by atoms with Crippen LogP contribution in [0, 0.1) is 25.2 Å². The van der Waals surface area contributed by atoms with Crippen molar-refractivity contribution in [3.63, 3.8) is 0 Å². The molecule has 0 spiro atoms. The van der Waals surface area contributed by atoms with Crippen LogP contribution in [0.2, 0.25) is 0 Å². The summed E-state index contributed by atoms with van der Waals surface area (Å²) in [6, 6.07) is 15.5. The third-order valence-electron chi connectivity index (χ3n) is 3.73. The summed E-state index contributed by atoms with van der Waals surface area (Å²) < 4.78 is 0. The fourth-order valence-electron chi connectivity index (χ4n) is 2.24. The van der Waals surface area contributed by atoms with Crippen LogP contribution in [0.4, 0.5) is 11.4 Å². The maximum Gasteiger partial charge on any atom is 0.266 e. The number of nitriles is 1. The molecule has 0 atom stereocenters. The number of carbonyl (C=O) groups excluding carboxylic acids is 1. The zero-order valence-electron chi connectivity index (χ0n) is 14.4. The molecule has 4 heteroatoms. The standard InChI is InChI=1S/C20H21N3O/c1-14-5-6-15(2)19(11-14)22-20(24)17(13-21)12-16-7-9-18(10-8-16)23(3)4/h5-12H,1-4H3,(H,22,24)/b17-12-. The minimum Gasteiger partial charge on any atom is -0.378 e. The average molecular weight is 319 g/mol. The quantitative estimate of drug-likeness (QED) is 0.686. The van der Waals surface area contributed by atoms with Crippen molar-refractivity contribution in [2.45, 2.75) is 13.8 Å². The molecule has 122 valence electrons. The van der Waals surface area contributed by atoms with Crippen LogP contribution < -0.4 is 10.2 Å². The Bertz CT molecular complexity index is 812. The first-order valence-electron chi connectivity index (χ1n) is 7.68. The molecule has 0 bridgehead atoms. The minimum absolute atomic E-state index is 0.0773. The number of rotatable bonds is 4. The number of nitrogens with one attached hydrogen (secondary N) is 1. The summed E-state index contributed by atoms with van der Waals surface area (Å²) in [4.78, 5) is 14.4. The van der Waals surface area contributed by atoms with Gasteiger partial charge in [0.15, 0.2) is 0 Å². The predicted molar refractivity (Wildman–Crippen MR) is 98.9 cm³/mol. The number of benzene rings is 2. The molecule has 0 fully saturated rings. The molecule has 1 N–H and O–H groups in total. The molecule has 2 aromatic carbocycles. The van der Waals surface area contributed by atoms with Crippen molar-refractivity contribution in [2.75, 3.05) is 24.3 Å². The van der Waals surface area contributed by atoms with E-state index in [0.29, 0.717) is 0 Å². The lowest BCUT2D eigenvalue weighted by Gasteiger charge is -2.12. The van der Waals surface area contributed by atoms with Gasteiger partial charge in [-0.15, -0.1) is 0 Å². The van der Waals surface area contributed by atoms with E-state index >= 15 is 0 Å². The smallest absolute Gasteiger partial charge is 0.266 e. The molecular weight excluding hydrogens is 298 g/mol. The minimum atomic E-state index is -0.400. The highest BCUT2D eigenvalue weighted by atomic mass is 16.1. The Balaban J connectivity index is 2.22. The topological polar surface area (TPSA) is 56.1 Å². The van der Waals surface area contributed by atoms with Gasteiger partial charge in [-0.25, -0.2) is 0 Å². The Kier molecular flexibility index (Phi) is 5.39. The number of amides is 1. The molecule has 0 aliphatic carbocycles. The van der Waals surface area contributed by atoms with E-state index in [1.54, 1.807) is 6.08 Å². The lowest BCUT2D eigenvalue weighted by atomic mass is 10.1. The summed E-state index contributed by atoms with van der Waals surface area (Å²) >= 11 is 0. The number of carbonyl (C=O) groups is 1. The van der Waals surface area contributed by atoms with Crippen LogP contribution in [0.25, 0.3) is 6.08 Å². The van der Waals surface area contributed by atoms with E-state index in [0.717, 1.165) is 28.1 Å². The molecule has 0 aromatic heterocycles. The van der Waals surface area contributed by atoms with E-state index in [1.165, 1.54) is 0 Å². The van der Waals surface area contributed by atoms with Crippen LogP contribution in [-0.2, 0) is 4.79 Å². The molecule has 4 nitrogen and oxygen atoms in total. The third-order valence-corrected chi connectivity index (χ3v) is 3.73. The fraction of sp³-hybridized carbons (Fsp3) is 0.200. The van der Waals surface area contributed by atoms with Gasteiger partial charge >= 0.3 is 0 Å². The second kappa shape index (κ2) is 7.47. The summed E-state index contributed by atoms with van der Waals surface area (Å²) in [5, 5.41) is 12.1. The van der Waals surface area contributed by atoms with E-state index in [2.05, 4.69) is 5.32 Å². The van der Waals surface area contributed by atoms with Gasteiger partial charge in [0.05, 0.1) is 0 Å². The zero-order valence-corrected chi connectivity index (χ0v) is 14.4. The molecule has 2 rings (SSSR count). The van der Waals surface area contributed by atoms with Gasteiger partial charge in [0, 0.05) is 25.5 Å². The number of hydrogen-bond donors (Lipinski definition) is 1. The zero-order chi connectivity index (χ0) is 17.7. The van der Waals surface area contributed by atoms with Crippen LogP contribution in [0.3, 0.4) is 0 Å². The van der Waals surface area contributed by atoms with Crippen LogP contribution in [0.15, 0.2) is 48.0 Å². The SMILES string of the molecule is Cc1ccc(C)c(NC(=O)/C(C#N)=C\c2ccc(N(C)C)cc2)c1. The number of anilines is 2. The van der Waals surface area contributed by atoms with Crippen molar-refractivity contribution < 1.29 is 4.79 Å². The molecule has 0 aliphatic rings. The second-order valence-corrected chi connectivity index (χ2v) is 5.93. The second-order valence-electron chi connectivity index (χ2n) is 5.93. The molecule has 0 unspecified atom stereocenters. The number of nitrogens with zero attached hydrogens (tertiary/aromatic N) is 2. The fourth-order valence-corrected chi connectivity index (χ4v) is 2.24.